The van der Waals surface area contributed by atoms with E-state index in [9.17, 15) is 4.79 Å². The summed E-state index contributed by atoms with van der Waals surface area (Å²) < 4.78 is 18.2. The monoisotopic (exact) mass is 460 g/mol. The fourth-order valence-corrected chi connectivity index (χ4v) is 3.88. The molecule has 1 aromatic heterocycles. The van der Waals surface area contributed by atoms with Gasteiger partial charge in [-0.15, -0.1) is 0 Å². The summed E-state index contributed by atoms with van der Waals surface area (Å²) in [6, 6.07) is 12.4. The predicted octanol–water partition coefficient (Wildman–Crippen LogP) is 5.99. The lowest BCUT2D eigenvalue weighted by molar-refractivity contribution is 0.0703. The number of carbonyl (C=O) groups is 1. The number of esters is 1. The molecule has 0 atom stereocenters. The highest BCUT2D eigenvalue weighted by Crippen LogP contribution is 2.40. The fraction of sp³-hybridized carbons (Fsp3) is 0.304. The number of rotatable bonds is 6. The van der Waals surface area contributed by atoms with Crippen LogP contribution < -0.4 is 14.2 Å². The van der Waals surface area contributed by atoms with E-state index in [4.69, 9.17) is 25.8 Å². The summed E-state index contributed by atoms with van der Waals surface area (Å²) in [4.78, 5) is 14.8. The van der Waals surface area contributed by atoms with Crippen LogP contribution in [-0.4, -0.2) is 30.0 Å². The van der Waals surface area contributed by atoms with Crippen LogP contribution in [0.5, 0.6) is 17.4 Å². The van der Waals surface area contributed by atoms with E-state index in [-0.39, 0.29) is 0 Å². The van der Waals surface area contributed by atoms with E-state index in [1.54, 1.807) is 22.9 Å². The summed E-state index contributed by atoms with van der Waals surface area (Å²) in [6.45, 7) is 7.90. The van der Waals surface area contributed by atoms with Crippen molar-refractivity contribution in [2.75, 3.05) is 14.2 Å². The molecule has 2 aromatic carbocycles. The minimum atomic E-state index is -0.527. The quantitative estimate of drug-likeness (QED) is 0.421. The van der Waals surface area contributed by atoms with E-state index in [0.29, 0.717) is 28.0 Å². The fourth-order valence-electron chi connectivity index (χ4n) is 2.85. The third kappa shape index (κ3) is 5.35. The molecule has 0 unspecified atom stereocenters. The molecule has 8 heteroatoms. The molecule has 0 aliphatic heterocycles. The Balaban J connectivity index is 2.02. The number of hydrogen-bond acceptors (Lipinski definition) is 6. The van der Waals surface area contributed by atoms with E-state index < -0.39 is 11.5 Å². The third-order valence-corrected chi connectivity index (χ3v) is 5.84. The molecular formula is C23H25ClN2O4S. The number of aromatic nitrogens is 2. The maximum absolute atomic E-state index is 13.1. The Kier molecular flexibility index (Phi) is 6.86. The Morgan fingerprint density at radius 2 is 1.61 bits per heavy atom. The number of hydrogen-bond donors (Lipinski definition) is 0. The van der Waals surface area contributed by atoms with Crippen LogP contribution in [0.1, 0.15) is 36.8 Å². The standard InChI is InChI=1S/C23H25ClN2O4S/c1-14-20(31-19-9-7-16(24)8-10-19)21(26(25-14)23(2,3)4)30-22(27)15-11-17(28-5)13-18(12-15)29-6/h7-13H,1-6H3. The van der Waals surface area contributed by atoms with Gasteiger partial charge in [0, 0.05) is 16.0 Å². The maximum atomic E-state index is 13.1. The van der Waals surface area contributed by atoms with Gasteiger partial charge in [0.05, 0.1) is 35.9 Å². The second-order valence-corrected chi connectivity index (χ2v) is 9.37. The molecule has 0 fully saturated rings. The molecule has 1 heterocycles. The first-order valence-corrected chi connectivity index (χ1v) is 10.8. The molecular weight excluding hydrogens is 436 g/mol. The smallest absolute Gasteiger partial charge is 0.345 e. The van der Waals surface area contributed by atoms with Crippen molar-refractivity contribution >= 4 is 29.3 Å². The number of benzene rings is 2. The molecule has 3 aromatic rings. The number of methoxy groups -OCH3 is 2. The molecule has 0 N–H and O–H groups in total. The van der Waals surface area contributed by atoms with E-state index >= 15 is 0 Å². The Hall–Kier alpha value is -2.64. The van der Waals surface area contributed by atoms with Crippen molar-refractivity contribution in [3.63, 3.8) is 0 Å². The van der Waals surface area contributed by atoms with Gasteiger partial charge >= 0.3 is 5.97 Å². The molecule has 0 aliphatic carbocycles. The number of carbonyl (C=O) groups excluding carboxylic acids is 1. The lowest BCUT2D eigenvalue weighted by Crippen LogP contribution is -2.25. The van der Waals surface area contributed by atoms with E-state index in [0.717, 1.165) is 15.5 Å². The van der Waals surface area contributed by atoms with Crippen LogP contribution in [0.4, 0.5) is 0 Å². The minimum Gasteiger partial charge on any atom is -0.497 e. The second kappa shape index (κ2) is 9.24. The zero-order chi connectivity index (χ0) is 22.8. The molecule has 164 valence electrons. The zero-order valence-electron chi connectivity index (χ0n) is 18.4. The predicted molar refractivity (Wildman–Crippen MR) is 122 cm³/mol. The first-order chi connectivity index (χ1) is 14.6. The highest BCUT2D eigenvalue weighted by atomic mass is 35.5. The molecule has 31 heavy (non-hydrogen) atoms. The summed E-state index contributed by atoms with van der Waals surface area (Å²) in [7, 11) is 3.06. The van der Waals surface area contributed by atoms with Gasteiger partial charge in [-0.25, -0.2) is 9.48 Å². The first kappa shape index (κ1) is 23.0. The Labute approximate surface area is 191 Å². The lowest BCUT2D eigenvalue weighted by atomic mass is 10.1. The van der Waals surface area contributed by atoms with Gasteiger partial charge in [0.1, 0.15) is 11.5 Å². The van der Waals surface area contributed by atoms with Crippen LogP contribution in [0.3, 0.4) is 0 Å². The largest absolute Gasteiger partial charge is 0.497 e. The van der Waals surface area contributed by atoms with Gasteiger partial charge in [0.2, 0.25) is 5.88 Å². The molecule has 0 amide bonds. The minimum absolute atomic E-state index is 0.318. The van der Waals surface area contributed by atoms with Crippen LogP contribution in [0.15, 0.2) is 52.3 Å². The SMILES string of the molecule is COc1cc(OC)cc(C(=O)Oc2c(Sc3ccc(Cl)cc3)c(C)nn2C(C)(C)C)c1. The molecule has 0 aliphatic rings. The average molecular weight is 461 g/mol. The van der Waals surface area contributed by atoms with Gasteiger partial charge in [0.25, 0.3) is 0 Å². The Morgan fingerprint density at radius 1 is 1.03 bits per heavy atom. The number of halogens is 1. The van der Waals surface area contributed by atoms with Crippen molar-refractivity contribution in [1.29, 1.82) is 0 Å². The van der Waals surface area contributed by atoms with Crippen LogP contribution in [0.25, 0.3) is 0 Å². The summed E-state index contributed by atoms with van der Waals surface area (Å²) >= 11 is 7.48. The molecule has 0 radical (unpaired) electrons. The summed E-state index contributed by atoms with van der Waals surface area (Å²) in [5, 5.41) is 5.31. The molecule has 0 saturated heterocycles. The number of ether oxygens (including phenoxy) is 3. The molecule has 6 nitrogen and oxygen atoms in total. The highest BCUT2D eigenvalue weighted by Gasteiger charge is 2.28. The Morgan fingerprint density at radius 3 is 2.13 bits per heavy atom. The van der Waals surface area contributed by atoms with Crippen molar-refractivity contribution < 1.29 is 19.0 Å². The highest BCUT2D eigenvalue weighted by molar-refractivity contribution is 7.99. The zero-order valence-corrected chi connectivity index (χ0v) is 19.9. The maximum Gasteiger partial charge on any atom is 0.345 e. The third-order valence-electron chi connectivity index (χ3n) is 4.41. The molecule has 0 saturated carbocycles. The van der Waals surface area contributed by atoms with Gasteiger partial charge in [-0.1, -0.05) is 23.4 Å². The molecule has 0 bridgehead atoms. The normalized spacial score (nSPS) is 11.3. The number of nitrogens with zero attached hydrogens (tertiary/aromatic N) is 2. The average Bonchev–Trinajstić information content (AvgIpc) is 3.04. The number of aryl methyl sites for hydroxylation is 1. The van der Waals surface area contributed by atoms with Gasteiger partial charge in [-0.3, -0.25) is 0 Å². The van der Waals surface area contributed by atoms with Crippen LogP contribution in [-0.2, 0) is 5.54 Å². The van der Waals surface area contributed by atoms with E-state index in [1.807, 2.05) is 52.0 Å². The van der Waals surface area contributed by atoms with Gasteiger partial charge in [0.15, 0.2) is 0 Å². The van der Waals surface area contributed by atoms with Crippen molar-refractivity contribution in [2.45, 2.75) is 43.0 Å². The first-order valence-electron chi connectivity index (χ1n) is 9.61. The van der Waals surface area contributed by atoms with Crippen molar-refractivity contribution in [3.8, 4) is 17.4 Å². The summed E-state index contributed by atoms with van der Waals surface area (Å²) in [5.41, 5.74) is 0.685. The van der Waals surface area contributed by atoms with Crippen molar-refractivity contribution in [1.82, 2.24) is 9.78 Å². The van der Waals surface area contributed by atoms with Gasteiger partial charge in [-0.2, -0.15) is 5.10 Å². The lowest BCUT2D eigenvalue weighted by Gasteiger charge is -2.22. The van der Waals surface area contributed by atoms with Crippen molar-refractivity contribution in [2.24, 2.45) is 0 Å². The van der Waals surface area contributed by atoms with Crippen LogP contribution >= 0.6 is 23.4 Å². The van der Waals surface area contributed by atoms with Crippen LogP contribution in [0, 0.1) is 6.92 Å². The topological polar surface area (TPSA) is 62.6 Å². The second-order valence-electron chi connectivity index (χ2n) is 7.85. The van der Waals surface area contributed by atoms with Gasteiger partial charge < -0.3 is 14.2 Å². The Bertz CT molecular complexity index is 1070. The van der Waals surface area contributed by atoms with E-state index in [2.05, 4.69) is 5.10 Å². The molecule has 0 spiro atoms. The summed E-state index contributed by atoms with van der Waals surface area (Å²) in [5.74, 6) is 0.863. The summed E-state index contributed by atoms with van der Waals surface area (Å²) in [6.07, 6.45) is 0. The van der Waals surface area contributed by atoms with Crippen molar-refractivity contribution in [3.05, 3.63) is 58.7 Å². The van der Waals surface area contributed by atoms with Gasteiger partial charge in [-0.05, 0) is 64.1 Å². The van der Waals surface area contributed by atoms with Crippen LogP contribution in [0.2, 0.25) is 5.02 Å². The molecule has 3 rings (SSSR count). The van der Waals surface area contributed by atoms with E-state index in [1.165, 1.54) is 26.0 Å².